The summed E-state index contributed by atoms with van der Waals surface area (Å²) in [5.41, 5.74) is 7.32. The van der Waals surface area contributed by atoms with E-state index in [0.717, 1.165) is 55.3 Å². The van der Waals surface area contributed by atoms with Crippen molar-refractivity contribution in [1.29, 1.82) is 0 Å². The fourth-order valence-electron chi connectivity index (χ4n) is 7.26. The lowest BCUT2D eigenvalue weighted by atomic mass is 9.94. The number of benzene rings is 9. The molecule has 0 fully saturated rings. The minimum absolute atomic E-state index is 0.168. The molecule has 1 aromatic heterocycles. The highest BCUT2D eigenvalue weighted by Crippen LogP contribution is 2.43. The number of hydrogen-bond donors (Lipinski definition) is 0. The highest BCUT2D eigenvalue weighted by Gasteiger charge is 2.18. The molecule has 9 aromatic carbocycles. The Balaban J connectivity index is 1.13. The highest BCUT2D eigenvalue weighted by molar-refractivity contribution is 6.19. The largest absolute Gasteiger partial charge is 0.455 e. The number of furan rings is 1. The zero-order valence-corrected chi connectivity index (χ0v) is 26.9. The van der Waals surface area contributed by atoms with Gasteiger partial charge in [-0.05, 0) is 104 Å². The van der Waals surface area contributed by atoms with Crippen molar-refractivity contribution in [3.8, 4) is 22.3 Å². The van der Waals surface area contributed by atoms with Crippen LogP contribution >= 0.6 is 0 Å². The molecule has 10 rings (SSSR count). The van der Waals surface area contributed by atoms with Crippen LogP contribution in [0.3, 0.4) is 0 Å². The SMILES string of the molecule is [2H]c1c([2H])c([2H])c(-c2ccc3oc4c5ccccc5c(-c5ccc(N(c6ccc7ccccc7c6)c6ccc7ccccc7c6)cc5)cc4c3c2)c([2H])c1[2H]. The van der Waals surface area contributed by atoms with Crippen molar-refractivity contribution in [3.05, 3.63) is 188 Å². The molecule has 0 atom stereocenters. The van der Waals surface area contributed by atoms with E-state index < -0.39 is 6.04 Å². The molecule has 0 aliphatic carbocycles. The van der Waals surface area contributed by atoms with E-state index in [-0.39, 0.29) is 29.7 Å². The summed E-state index contributed by atoms with van der Waals surface area (Å²) in [6.45, 7) is 0. The van der Waals surface area contributed by atoms with Gasteiger partial charge in [-0.2, -0.15) is 0 Å². The molecular formula is C48H31NO. The van der Waals surface area contributed by atoms with Crippen LogP contribution in [-0.2, 0) is 0 Å². The Hall–Kier alpha value is -6.64. The first-order valence-corrected chi connectivity index (χ1v) is 16.7. The zero-order valence-electron chi connectivity index (χ0n) is 31.9. The first-order valence-electron chi connectivity index (χ1n) is 19.2. The van der Waals surface area contributed by atoms with Crippen molar-refractivity contribution >= 4 is 71.3 Å². The van der Waals surface area contributed by atoms with E-state index in [9.17, 15) is 0 Å². The zero-order chi connectivity index (χ0) is 37.4. The quantitative estimate of drug-likeness (QED) is 0.186. The summed E-state index contributed by atoms with van der Waals surface area (Å²) in [6, 6.07) is 52.9. The van der Waals surface area contributed by atoms with E-state index in [4.69, 9.17) is 11.3 Å². The Morgan fingerprint density at radius 3 is 1.66 bits per heavy atom. The Kier molecular flexibility index (Phi) is 5.44. The third-order valence-corrected chi connectivity index (χ3v) is 9.68. The first kappa shape index (κ1) is 23.6. The van der Waals surface area contributed by atoms with Crippen LogP contribution in [0, 0.1) is 0 Å². The van der Waals surface area contributed by atoms with Crippen molar-refractivity contribution in [2.45, 2.75) is 0 Å². The van der Waals surface area contributed by atoms with Crippen LogP contribution in [0.1, 0.15) is 6.85 Å². The maximum atomic E-state index is 8.59. The summed E-state index contributed by atoms with van der Waals surface area (Å²) in [5.74, 6) is 0. The van der Waals surface area contributed by atoms with Crippen molar-refractivity contribution in [1.82, 2.24) is 0 Å². The smallest absolute Gasteiger partial charge is 0.143 e. The lowest BCUT2D eigenvalue weighted by Gasteiger charge is -2.26. The molecule has 0 saturated heterocycles. The van der Waals surface area contributed by atoms with Crippen LogP contribution in [0.5, 0.6) is 0 Å². The van der Waals surface area contributed by atoms with Gasteiger partial charge in [0, 0.05) is 33.2 Å². The van der Waals surface area contributed by atoms with Gasteiger partial charge < -0.3 is 9.32 Å². The number of anilines is 3. The van der Waals surface area contributed by atoms with Gasteiger partial charge in [0.1, 0.15) is 11.2 Å². The van der Waals surface area contributed by atoms with E-state index in [1.165, 1.54) is 21.5 Å². The normalized spacial score (nSPS) is 13.0. The average molecular weight is 643 g/mol. The van der Waals surface area contributed by atoms with E-state index >= 15 is 0 Å². The van der Waals surface area contributed by atoms with Crippen LogP contribution in [0.2, 0.25) is 0 Å². The molecule has 0 bridgehead atoms. The predicted molar refractivity (Wildman–Crippen MR) is 212 cm³/mol. The number of fused-ring (bicyclic) bond motifs is 7. The molecule has 2 nitrogen and oxygen atoms in total. The van der Waals surface area contributed by atoms with E-state index in [1.54, 1.807) is 6.07 Å². The topological polar surface area (TPSA) is 16.4 Å². The molecule has 0 saturated carbocycles. The van der Waals surface area contributed by atoms with Crippen LogP contribution in [0.4, 0.5) is 17.1 Å². The van der Waals surface area contributed by atoms with Gasteiger partial charge in [-0.1, -0.05) is 133 Å². The minimum atomic E-state index is -0.409. The molecule has 1 heterocycles. The van der Waals surface area contributed by atoms with E-state index in [1.807, 2.05) is 24.3 Å². The fraction of sp³-hybridized carbons (Fsp3) is 0. The molecule has 10 aromatic rings. The van der Waals surface area contributed by atoms with Crippen LogP contribution < -0.4 is 4.90 Å². The molecule has 50 heavy (non-hydrogen) atoms. The lowest BCUT2D eigenvalue weighted by Crippen LogP contribution is -2.09. The predicted octanol–water partition coefficient (Wildman–Crippen LogP) is 13.8. The summed E-state index contributed by atoms with van der Waals surface area (Å²) >= 11 is 0. The summed E-state index contributed by atoms with van der Waals surface area (Å²) in [4.78, 5) is 2.30. The third-order valence-electron chi connectivity index (χ3n) is 9.68. The van der Waals surface area contributed by atoms with Crippen molar-refractivity contribution < 1.29 is 11.3 Å². The summed E-state index contributed by atoms with van der Waals surface area (Å²) < 4.78 is 48.2. The second kappa shape index (κ2) is 11.5. The number of hydrogen-bond acceptors (Lipinski definition) is 2. The van der Waals surface area contributed by atoms with Crippen molar-refractivity contribution in [3.63, 3.8) is 0 Å². The van der Waals surface area contributed by atoms with Gasteiger partial charge in [-0.15, -0.1) is 0 Å². The van der Waals surface area contributed by atoms with Gasteiger partial charge in [0.25, 0.3) is 0 Å². The third kappa shape index (κ3) is 4.73. The van der Waals surface area contributed by atoms with E-state index in [2.05, 4.69) is 132 Å². The van der Waals surface area contributed by atoms with Crippen molar-refractivity contribution in [2.24, 2.45) is 0 Å². The molecule has 0 aliphatic heterocycles. The maximum Gasteiger partial charge on any atom is 0.143 e. The van der Waals surface area contributed by atoms with Crippen LogP contribution in [0.15, 0.2) is 192 Å². The maximum absolute atomic E-state index is 8.59. The summed E-state index contributed by atoms with van der Waals surface area (Å²) in [5, 5.41) is 8.43. The molecule has 0 aliphatic rings. The number of nitrogens with zero attached hydrogens (tertiary/aromatic N) is 1. The fourth-order valence-corrected chi connectivity index (χ4v) is 7.26. The molecule has 0 unspecified atom stereocenters. The molecule has 0 radical (unpaired) electrons. The second-order valence-corrected chi connectivity index (χ2v) is 12.6. The van der Waals surface area contributed by atoms with Gasteiger partial charge in [0.2, 0.25) is 0 Å². The van der Waals surface area contributed by atoms with Gasteiger partial charge in [0.05, 0.1) is 6.85 Å². The number of rotatable bonds is 5. The van der Waals surface area contributed by atoms with Crippen molar-refractivity contribution in [2.75, 3.05) is 4.90 Å². The molecular weight excluding hydrogens is 607 g/mol. The second-order valence-electron chi connectivity index (χ2n) is 12.6. The molecule has 234 valence electrons. The molecule has 0 N–H and O–H groups in total. The van der Waals surface area contributed by atoms with Gasteiger partial charge in [-0.3, -0.25) is 0 Å². The van der Waals surface area contributed by atoms with Gasteiger partial charge in [0.15, 0.2) is 0 Å². The van der Waals surface area contributed by atoms with Gasteiger partial charge in [-0.25, -0.2) is 0 Å². The monoisotopic (exact) mass is 642 g/mol. The Morgan fingerprint density at radius 2 is 0.980 bits per heavy atom. The summed E-state index contributed by atoms with van der Waals surface area (Å²) in [7, 11) is 0. The lowest BCUT2D eigenvalue weighted by molar-refractivity contribution is 0.673. The first-order chi connectivity index (χ1) is 26.8. The molecule has 2 heteroatoms. The van der Waals surface area contributed by atoms with Crippen LogP contribution in [-0.4, -0.2) is 0 Å². The Bertz CT molecular complexity index is 3060. The molecule has 0 spiro atoms. The van der Waals surface area contributed by atoms with Gasteiger partial charge >= 0.3 is 0 Å². The minimum Gasteiger partial charge on any atom is -0.455 e. The molecule has 0 amide bonds. The Morgan fingerprint density at radius 1 is 0.400 bits per heavy atom. The average Bonchev–Trinajstić information content (AvgIpc) is 3.60. The highest BCUT2D eigenvalue weighted by atomic mass is 16.3. The Labute approximate surface area is 297 Å². The van der Waals surface area contributed by atoms with E-state index in [0.29, 0.717) is 11.1 Å². The van der Waals surface area contributed by atoms with Crippen LogP contribution in [0.25, 0.3) is 76.5 Å². The standard InChI is InChI=1S/C48H31NO/c1-2-10-32(11-3-1)38-22-27-47-45(30-38)46-31-44(42-16-8-9-17-43(42)48(46)50-47)35-20-23-39(24-21-35)49(40-25-18-33-12-4-6-14-36(33)28-40)41-26-19-34-13-5-7-15-37(34)29-41/h1-31H/i1D,2D,3D,10D,11D. The summed E-state index contributed by atoms with van der Waals surface area (Å²) in [6.07, 6.45) is 0.